The molecule has 0 saturated heterocycles. The van der Waals surface area contributed by atoms with Crippen molar-refractivity contribution in [3.05, 3.63) is 59.3 Å². The average Bonchev–Trinajstić information content (AvgIpc) is 2.60. The maximum absolute atomic E-state index is 11.8. The van der Waals surface area contributed by atoms with Crippen LogP contribution in [-0.2, 0) is 6.54 Å². The molecular weight excluding hydrogens is 292 g/mol. The Morgan fingerprint density at radius 3 is 2.48 bits per heavy atom. The highest BCUT2D eigenvalue weighted by atomic mass is 16.2. The monoisotopic (exact) mass is 312 g/mol. The molecule has 1 aromatic heterocycles. The molecule has 0 unspecified atom stereocenters. The normalized spacial score (nSPS) is 10.0. The van der Waals surface area contributed by atoms with Gasteiger partial charge in [-0.15, -0.1) is 0 Å². The Labute approximate surface area is 135 Å². The molecule has 2 rings (SSSR count). The molecule has 0 bridgehead atoms. The molecule has 6 heteroatoms. The summed E-state index contributed by atoms with van der Waals surface area (Å²) in [6.45, 7) is 2.99. The fourth-order valence-electron chi connectivity index (χ4n) is 2.09. The van der Waals surface area contributed by atoms with E-state index in [1.54, 1.807) is 37.5 Å². The number of amides is 2. The zero-order valence-corrected chi connectivity index (χ0v) is 13.2. The van der Waals surface area contributed by atoms with Gasteiger partial charge in [-0.2, -0.15) is 0 Å². The first-order valence-corrected chi connectivity index (χ1v) is 7.43. The van der Waals surface area contributed by atoms with Gasteiger partial charge in [0, 0.05) is 31.9 Å². The number of carbonyl (C=O) groups excluding carboxylic acids is 2. The number of nitrogens with zero attached hydrogens (tertiary/aromatic N) is 1. The van der Waals surface area contributed by atoms with Gasteiger partial charge in [0.1, 0.15) is 5.82 Å². The minimum Gasteiger partial charge on any atom is -0.365 e. The van der Waals surface area contributed by atoms with Gasteiger partial charge in [-0.25, -0.2) is 4.98 Å². The summed E-state index contributed by atoms with van der Waals surface area (Å²) in [4.78, 5) is 27.7. The molecule has 0 aliphatic heterocycles. The highest BCUT2D eigenvalue weighted by Crippen LogP contribution is 2.13. The number of hydrogen-bond donors (Lipinski definition) is 3. The third-order valence-electron chi connectivity index (χ3n) is 3.29. The third-order valence-corrected chi connectivity index (χ3v) is 3.29. The molecule has 120 valence electrons. The van der Waals surface area contributed by atoms with Crippen molar-refractivity contribution >= 4 is 17.6 Å². The van der Waals surface area contributed by atoms with E-state index in [0.717, 1.165) is 5.56 Å². The van der Waals surface area contributed by atoms with Gasteiger partial charge in [0.05, 0.1) is 5.56 Å². The topological polar surface area (TPSA) is 83.1 Å². The number of pyridine rings is 1. The molecule has 2 aromatic rings. The minimum atomic E-state index is -0.188. The zero-order valence-electron chi connectivity index (χ0n) is 13.2. The Kier molecular flexibility index (Phi) is 5.68. The van der Waals surface area contributed by atoms with E-state index in [0.29, 0.717) is 30.0 Å². The summed E-state index contributed by atoms with van der Waals surface area (Å²) in [6, 6.07) is 10.7. The van der Waals surface area contributed by atoms with Gasteiger partial charge in [0.25, 0.3) is 11.8 Å². The maximum Gasteiger partial charge on any atom is 0.254 e. The summed E-state index contributed by atoms with van der Waals surface area (Å²) in [7, 11) is 1.58. The molecule has 6 nitrogen and oxygen atoms in total. The first-order chi connectivity index (χ1) is 11.2. The van der Waals surface area contributed by atoms with Crippen LogP contribution in [0.25, 0.3) is 0 Å². The van der Waals surface area contributed by atoms with E-state index in [-0.39, 0.29) is 11.8 Å². The van der Waals surface area contributed by atoms with Crippen molar-refractivity contribution in [3.8, 4) is 0 Å². The number of benzene rings is 1. The second-order valence-corrected chi connectivity index (χ2v) is 4.89. The highest BCUT2D eigenvalue weighted by Gasteiger charge is 2.10. The molecule has 0 aliphatic carbocycles. The average molecular weight is 312 g/mol. The lowest BCUT2D eigenvalue weighted by Crippen LogP contribution is -2.22. The third kappa shape index (κ3) is 4.29. The SMILES string of the molecule is CCNC(=O)c1ccc(CNc2ncccc2C(=O)NC)cc1. The first kappa shape index (κ1) is 16.5. The van der Waals surface area contributed by atoms with E-state index in [4.69, 9.17) is 0 Å². The highest BCUT2D eigenvalue weighted by molar-refractivity contribution is 5.98. The van der Waals surface area contributed by atoms with Gasteiger partial charge in [-0.05, 0) is 36.8 Å². The van der Waals surface area contributed by atoms with Crippen LogP contribution in [0.15, 0.2) is 42.6 Å². The fourth-order valence-corrected chi connectivity index (χ4v) is 2.09. The van der Waals surface area contributed by atoms with Crippen LogP contribution in [0.3, 0.4) is 0 Å². The lowest BCUT2D eigenvalue weighted by atomic mass is 10.1. The van der Waals surface area contributed by atoms with Crippen LogP contribution in [-0.4, -0.2) is 30.4 Å². The van der Waals surface area contributed by atoms with Crippen molar-refractivity contribution in [2.75, 3.05) is 18.9 Å². The van der Waals surface area contributed by atoms with Gasteiger partial charge in [-0.3, -0.25) is 9.59 Å². The summed E-state index contributed by atoms with van der Waals surface area (Å²) in [5.74, 6) is 0.255. The van der Waals surface area contributed by atoms with Crippen LogP contribution in [0.2, 0.25) is 0 Å². The van der Waals surface area contributed by atoms with Crippen molar-refractivity contribution in [1.29, 1.82) is 0 Å². The predicted octanol–water partition coefficient (Wildman–Crippen LogP) is 1.80. The molecule has 0 fully saturated rings. The maximum atomic E-state index is 11.8. The molecule has 3 N–H and O–H groups in total. The van der Waals surface area contributed by atoms with E-state index >= 15 is 0 Å². The second kappa shape index (κ2) is 7.93. The van der Waals surface area contributed by atoms with E-state index in [1.807, 2.05) is 19.1 Å². The van der Waals surface area contributed by atoms with Crippen LogP contribution in [0, 0.1) is 0 Å². The fraction of sp³-hybridized carbons (Fsp3) is 0.235. The number of aromatic nitrogens is 1. The zero-order chi connectivity index (χ0) is 16.7. The second-order valence-electron chi connectivity index (χ2n) is 4.89. The van der Waals surface area contributed by atoms with Gasteiger partial charge in [-0.1, -0.05) is 12.1 Å². The molecule has 1 heterocycles. The van der Waals surface area contributed by atoms with Gasteiger partial charge in [0.15, 0.2) is 0 Å². The Balaban J connectivity index is 2.04. The molecule has 0 aliphatic rings. The smallest absolute Gasteiger partial charge is 0.254 e. The lowest BCUT2D eigenvalue weighted by Gasteiger charge is -2.10. The molecule has 0 radical (unpaired) electrons. The van der Waals surface area contributed by atoms with E-state index in [1.165, 1.54) is 0 Å². The first-order valence-electron chi connectivity index (χ1n) is 7.43. The summed E-state index contributed by atoms with van der Waals surface area (Å²) >= 11 is 0. The van der Waals surface area contributed by atoms with Crippen molar-refractivity contribution in [1.82, 2.24) is 15.6 Å². The molecule has 0 spiro atoms. The summed E-state index contributed by atoms with van der Waals surface area (Å²) in [5, 5.41) is 8.49. The molecule has 23 heavy (non-hydrogen) atoms. The Bertz CT molecular complexity index is 683. The molecule has 1 aromatic carbocycles. The molecule has 0 atom stereocenters. The Hall–Kier alpha value is -2.89. The minimum absolute atomic E-state index is 0.0846. The quantitative estimate of drug-likeness (QED) is 0.759. The number of nitrogens with one attached hydrogen (secondary N) is 3. The van der Waals surface area contributed by atoms with E-state index in [2.05, 4.69) is 20.9 Å². The summed E-state index contributed by atoms with van der Waals surface area (Å²) in [5.41, 5.74) is 2.11. The van der Waals surface area contributed by atoms with Crippen LogP contribution < -0.4 is 16.0 Å². The summed E-state index contributed by atoms with van der Waals surface area (Å²) < 4.78 is 0. The van der Waals surface area contributed by atoms with Crippen LogP contribution >= 0.6 is 0 Å². The van der Waals surface area contributed by atoms with Crippen molar-refractivity contribution in [2.24, 2.45) is 0 Å². The number of carbonyl (C=O) groups is 2. The van der Waals surface area contributed by atoms with Gasteiger partial charge >= 0.3 is 0 Å². The van der Waals surface area contributed by atoms with Crippen molar-refractivity contribution in [2.45, 2.75) is 13.5 Å². The van der Waals surface area contributed by atoms with Crippen LogP contribution in [0.4, 0.5) is 5.82 Å². The Morgan fingerprint density at radius 1 is 1.09 bits per heavy atom. The van der Waals surface area contributed by atoms with Crippen molar-refractivity contribution in [3.63, 3.8) is 0 Å². The lowest BCUT2D eigenvalue weighted by molar-refractivity contribution is 0.0950. The van der Waals surface area contributed by atoms with Crippen molar-refractivity contribution < 1.29 is 9.59 Å². The standard InChI is InChI=1S/C17H20N4O2/c1-3-19-16(22)13-8-6-12(7-9-13)11-21-15-14(17(23)18-2)5-4-10-20-15/h4-10H,3,11H2,1-2H3,(H,18,23)(H,19,22)(H,20,21). The van der Waals surface area contributed by atoms with Gasteiger partial charge < -0.3 is 16.0 Å². The number of rotatable bonds is 6. The van der Waals surface area contributed by atoms with E-state index in [9.17, 15) is 9.59 Å². The van der Waals surface area contributed by atoms with Gasteiger partial charge in [0.2, 0.25) is 0 Å². The summed E-state index contributed by atoms with van der Waals surface area (Å²) in [6.07, 6.45) is 1.63. The largest absolute Gasteiger partial charge is 0.365 e. The van der Waals surface area contributed by atoms with E-state index < -0.39 is 0 Å². The molecule has 2 amide bonds. The van der Waals surface area contributed by atoms with Crippen LogP contribution in [0.1, 0.15) is 33.2 Å². The number of hydrogen-bond acceptors (Lipinski definition) is 4. The predicted molar refractivity (Wildman–Crippen MR) is 89.4 cm³/mol. The molecule has 0 saturated carbocycles. The number of anilines is 1. The Morgan fingerprint density at radius 2 is 1.83 bits per heavy atom. The molecular formula is C17H20N4O2. The van der Waals surface area contributed by atoms with Crippen LogP contribution in [0.5, 0.6) is 0 Å².